The third kappa shape index (κ3) is 2.82. The van der Waals surface area contributed by atoms with E-state index in [1.54, 1.807) is 37.4 Å². The molecule has 0 unspecified atom stereocenters. The van der Waals surface area contributed by atoms with Crippen molar-refractivity contribution < 1.29 is 8.42 Å². The minimum atomic E-state index is -3.52. The number of para-hydroxylation sites is 1. The van der Waals surface area contributed by atoms with Crippen LogP contribution in [0.4, 0.5) is 5.69 Å². The molecular weight excluding hydrogens is 326 g/mol. The Morgan fingerprint density at radius 3 is 2.26 bits per heavy atom. The van der Waals surface area contributed by atoms with Crippen molar-refractivity contribution in [1.82, 2.24) is 0 Å². The Hall–Kier alpha value is -1.33. The fourth-order valence-corrected chi connectivity index (χ4v) is 3.24. The first-order valence-corrected chi connectivity index (χ1v) is 7.96. The Bertz CT molecular complexity index is 684. The molecule has 0 aliphatic carbocycles. The van der Waals surface area contributed by atoms with Crippen molar-refractivity contribution in [3.8, 4) is 0 Å². The van der Waals surface area contributed by atoms with Gasteiger partial charge < -0.3 is 0 Å². The highest BCUT2D eigenvalue weighted by Crippen LogP contribution is 2.25. The number of hydrogen-bond acceptors (Lipinski definition) is 2. The first kappa shape index (κ1) is 14.1. The van der Waals surface area contributed by atoms with Gasteiger partial charge in [0.05, 0.1) is 10.6 Å². The molecule has 0 heterocycles. The number of aryl methyl sites for hydroxylation is 1. The molecule has 0 atom stereocenters. The van der Waals surface area contributed by atoms with Crippen LogP contribution in [-0.2, 0) is 10.0 Å². The molecule has 2 rings (SSSR count). The molecule has 0 fully saturated rings. The van der Waals surface area contributed by atoms with Gasteiger partial charge in [0.15, 0.2) is 0 Å². The summed E-state index contributed by atoms with van der Waals surface area (Å²) < 4.78 is 27.2. The Morgan fingerprint density at radius 1 is 1.05 bits per heavy atom. The lowest BCUT2D eigenvalue weighted by molar-refractivity contribution is 0.594. The third-order valence-electron chi connectivity index (χ3n) is 2.91. The van der Waals surface area contributed by atoms with Crippen molar-refractivity contribution in [3.63, 3.8) is 0 Å². The van der Waals surface area contributed by atoms with Crippen molar-refractivity contribution in [2.24, 2.45) is 0 Å². The van der Waals surface area contributed by atoms with Crippen LogP contribution < -0.4 is 4.31 Å². The van der Waals surface area contributed by atoms with E-state index in [9.17, 15) is 8.42 Å². The standard InChI is InChI=1S/C14H14BrNO2S/c1-11-10-13(8-9-14(11)15)19(17,18)16(2)12-6-4-3-5-7-12/h3-10H,1-2H3. The van der Waals surface area contributed by atoms with E-state index < -0.39 is 10.0 Å². The molecule has 0 amide bonds. The lowest BCUT2D eigenvalue weighted by atomic mass is 10.2. The average Bonchev–Trinajstić information content (AvgIpc) is 2.41. The van der Waals surface area contributed by atoms with Crippen LogP contribution in [0.1, 0.15) is 5.56 Å². The molecule has 0 bridgehead atoms. The van der Waals surface area contributed by atoms with E-state index in [-0.39, 0.29) is 0 Å². The molecule has 0 saturated carbocycles. The van der Waals surface area contributed by atoms with Gasteiger partial charge in [-0.3, -0.25) is 4.31 Å². The van der Waals surface area contributed by atoms with E-state index in [0.29, 0.717) is 10.6 Å². The monoisotopic (exact) mass is 339 g/mol. The van der Waals surface area contributed by atoms with Gasteiger partial charge in [0.2, 0.25) is 0 Å². The SMILES string of the molecule is Cc1cc(S(=O)(=O)N(C)c2ccccc2)ccc1Br. The van der Waals surface area contributed by atoms with Gasteiger partial charge >= 0.3 is 0 Å². The molecule has 2 aromatic rings. The second-order valence-electron chi connectivity index (χ2n) is 4.22. The number of hydrogen-bond donors (Lipinski definition) is 0. The van der Waals surface area contributed by atoms with Gasteiger partial charge in [-0.05, 0) is 42.8 Å². The predicted molar refractivity (Wildman–Crippen MR) is 80.9 cm³/mol. The number of anilines is 1. The lowest BCUT2D eigenvalue weighted by Gasteiger charge is -2.19. The first-order chi connectivity index (χ1) is 8.93. The Morgan fingerprint density at radius 2 is 1.68 bits per heavy atom. The second-order valence-corrected chi connectivity index (χ2v) is 7.04. The second kappa shape index (κ2) is 5.35. The van der Waals surface area contributed by atoms with Gasteiger partial charge in [0, 0.05) is 11.5 Å². The highest BCUT2D eigenvalue weighted by molar-refractivity contribution is 9.10. The molecule has 0 N–H and O–H groups in total. The number of rotatable bonds is 3. The maximum atomic E-state index is 12.5. The molecular formula is C14H14BrNO2S. The summed E-state index contributed by atoms with van der Waals surface area (Å²) in [6, 6.07) is 14.0. The number of sulfonamides is 1. The summed E-state index contributed by atoms with van der Waals surface area (Å²) in [7, 11) is -1.96. The zero-order valence-corrected chi connectivity index (χ0v) is 13.1. The van der Waals surface area contributed by atoms with Crippen molar-refractivity contribution in [3.05, 3.63) is 58.6 Å². The highest BCUT2D eigenvalue weighted by Gasteiger charge is 2.21. The van der Waals surface area contributed by atoms with Gasteiger partial charge in [-0.1, -0.05) is 34.1 Å². The summed E-state index contributed by atoms with van der Waals surface area (Å²) in [6.45, 7) is 1.87. The fourth-order valence-electron chi connectivity index (χ4n) is 1.71. The molecule has 100 valence electrons. The minimum Gasteiger partial charge on any atom is -0.269 e. The van der Waals surface area contributed by atoms with Crippen LogP contribution in [0, 0.1) is 6.92 Å². The number of nitrogens with zero attached hydrogens (tertiary/aromatic N) is 1. The molecule has 19 heavy (non-hydrogen) atoms. The highest BCUT2D eigenvalue weighted by atomic mass is 79.9. The van der Waals surface area contributed by atoms with Crippen LogP contribution in [0.3, 0.4) is 0 Å². The van der Waals surface area contributed by atoms with Crippen molar-refractivity contribution >= 4 is 31.6 Å². The first-order valence-electron chi connectivity index (χ1n) is 5.73. The van der Waals surface area contributed by atoms with Gasteiger partial charge in [-0.25, -0.2) is 8.42 Å². The molecule has 0 saturated heterocycles. The largest absolute Gasteiger partial charge is 0.269 e. The van der Waals surface area contributed by atoms with Crippen molar-refractivity contribution in [2.45, 2.75) is 11.8 Å². The summed E-state index contributed by atoms with van der Waals surface area (Å²) in [5.74, 6) is 0. The van der Waals surface area contributed by atoms with Gasteiger partial charge in [0.1, 0.15) is 0 Å². The summed E-state index contributed by atoms with van der Waals surface area (Å²) in [5.41, 5.74) is 1.53. The molecule has 0 aromatic heterocycles. The summed E-state index contributed by atoms with van der Waals surface area (Å²) in [6.07, 6.45) is 0. The third-order valence-corrected chi connectivity index (χ3v) is 5.58. The predicted octanol–water partition coefficient (Wildman–Crippen LogP) is 3.58. The van der Waals surface area contributed by atoms with E-state index >= 15 is 0 Å². The normalized spacial score (nSPS) is 11.3. The van der Waals surface area contributed by atoms with Gasteiger partial charge in [-0.15, -0.1) is 0 Å². The summed E-state index contributed by atoms with van der Waals surface area (Å²) >= 11 is 3.37. The summed E-state index contributed by atoms with van der Waals surface area (Å²) in [5, 5.41) is 0. The molecule has 0 aliphatic rings. The molecule has 0 radical (unpaired) electrons. The van der Waals surface area contributed by atoms with Crippen LogP contribution in [0.25, 0.3) is 0 Å². The topological polar surface area (TPSA) is 37.4 Å². The van der Waals surface area contributed by atoms with E-state index in [2.05, 4.69) is 15.9 Å². The molecule has 3 nitrogen and oxygen atoms in total. The van der Waals surface area contributed by atoms with Crippen LogP contribution in [0.15, 0.2) is 57.9 Å². The molecule has 0 spiro atoms. The quantitative estimate of drug-likeness (QED) is 0.856. The zero-order chi connectivity index (χ0) is 14.0. The van der Waals surface area contributed by atoms with Crippen molar-refractivity contribution in [2.75, 3.05) is 11.4 Å². The summed E-state index contributed by atoms with van der Waals surface area (Å²) in [4.78, 5) is 0.291. The molecule has 5 heteroatoms. The Labute approximate surface area is 122 Å². The van der Waals surface area contributed by atoms with Crippen LogP contribution in [-0.4, -0.2) is 15.5 Å². The van der Waals surface area contributed by atoms with E-state index in [4.69, 9.17) is 0 Å². The van der Waals surface area contributed by atoms with E-state index in [1.165, 1.54) is 4.31 Å². The molecule has 2 aromatic carbocycles. The van der Waals surface area contributed by atoms with E-state index in [0.717, 1.165) is 10.0 Å². The maximum Gasteiger partial charge on any atom is 0.264 e. The van der Waals surface area contributed by atoms with Crippen molar-refractivity contribution in [1.29, 1.82) is 0 Å². The fraction of sp³-hybridized carbons (Fsp3) is 0.143. The van der Waals surface area contributed by atoms with Gasteiger partial charge in [-0.2, -0.15) is 0 Å². The smallest absolute Gasteiger partial charge is 0.264 e. The maximum absolute atomic E-state index is 12.5. The van der Waals surface area contributed by atoms with Crippen LogP contribution in [0.2, 0.25) is 0 Å². The van der Waals surface area contributed by atoms with Gasteiger partial charge in [0.25, 0.3) is 10.0 Å². The minimum absolute atomic E-state index is 0.291. The van der Waals surface area contributed by atoms with Crippen LogP contribution >= 0.6 is 15.9 Å². The number of benzene rings is 2. The Kier molecular flexibility index (Phi) is 3.96. The number of halogens is 1. The Balaban J connectivity index is 2.45. The average molecular weight is 340 g/mol. The van der Waals surface area contributed by atoms with Crippen LogP contribution in [0.5, 0.6) is 0 Å². The zero-order valence-electron chi connectivity index (χ0n) is 10.7. The lowest BCUT2D eigenvalue weighted by Crippen LogP contribution is -2.26. The van der Waals surface area contributed by atoms with E-state index in [1.807, 2.05) is 25.1 Å². The molecule has 0 aliphatic heterocycles.